The standard InChI is InChI=1S/C15H18N2O2S/c1-9-4-2-6-11-12(16)14(20-13(9)11)15(18)17-8-10-5-3-7-19-10/h2,4,6,10H,3,5,7-8,16H2,1H3,(H,17,18). The highest BCUT2D eigenvalue weighted by Crippen LogP contribution is 2.35. The van der Waals surface area contributed by atoms with E-state index in [2.05, 4.69) is 5.32 Å². The number of carbonyl (C=O) groups is 1. The van der Waals surface area contributed by atoms with Gasteiger partial charge in [-0.15, -0.1) is 11.3 Å². The van der Waals surface area contributed by atoms with E-state index in [1.54, 1.807) is 0 Å². The normalized spacial score (nSPS) is 18.6. The third kappa shape index (κ3) is 2.39. The Labute approximate surface area is 121 Å². The second-order valence-electron chi connectivity index (χ2n) is 5.14. The van der Waals surface area contributed by atoms with Crippen molar-refractivity contribution < 1.29 is 9.53 Å². The summed E-state index contributed by atoms with van der Waals surface area (Å²) in [7, 11) is 0. The van der Waals surface area contributed by atoms with Crippen LogP contribution in [0.3, 0.4) is 0 Å². The molecule has 1 aromatic carbocycles. The Bertz CT molecular complexity index is 645. The molecule has 1 fully saturated rings. The number of carbonyl (C=O) groups excluding carboxylic acids is 1. The van der Waals surface area contributed by atoms with Crippen LogP contribution in [0.15, 0.2) is 18.2 Å². The molecule has 106 valence electrons. The van der Waals surface area contributed by atoms with Gasteiger partial charge in [-0.2, -0.15) is 0 Å². The Balaban J connectivity index is 1.80. The molecule has 4 nitrogen and oxygen atoms in total. The van der Waals surface area contributed by atoms with Crippen LogP contribution in [0.25, 0.3) is 10.1 Å². The van der Waals surface area contributed by atoms with Gasteiger partial charge in [0.25, 0.3) is 5.91 Å². The van der Waals surface area contributed by atoms with Gasteiger partial charge in [0.1, 0.15) is 4.88 Å². The Morgan fingerprint density at radius 3 is 3.10 bits per heavy atom. The minimum absolute atomic E-state index is 0.0985. The van der Waals surface area contributed by atoms with Crippen molar-refractivity contribution in [1.29, 1.82) is 0 Å². The first kappa shape index (κ1) is 13.4. The van der Waals surface area contributed by atoms with Gasteiger partial charge in [0, 0.05) is 23.2 Å². The Morgan fingerprint density at radius 2 is 2.40 bits per heavy atom. The molecule has 1 atom stereocenters. The van der Waals surface area contributed by atoms with Gasteiger partial charge in [0.05, 0.1) is 11.8 Å². The van der Waals surface area contributed by atoms with Crippen molar-refractivity contribution in [2.24, 2.45) is 0 Å². The number of hydrogen-bond acceptors (Lipinski definition) is 4. The predicted molar refractivity (Wildman–Crippen MR) is 82.3 cm³/mol. The van der Waals surface area contributed by atoms with Gasteiger partial charge in [0.15, 0.2) is 0 Å². The van der Waals surface area contributed by atoms with Crippen LogP contribution in [0.2, 0.25) is 0 Å². The van der Waals surface area contributed by atoms with E-state index in [1.165, 1.54) is 11.3 Å². The maximum atomic E-state index is 12.3. The number of hydrogen-bond donors (Lipinski definition) is 2. The SMILES string of the molecule is Cc1cccc2c(N)c(C(=O)NCC3CCCO3)sc12. The molecule has 20 heavy (non-hydrogen) atoms. The van der Waals surface area contributed by atoms with Crippen molar-refractivity contribution in [3.63, 3.8) is 0 Å². The molecule has 2 aromatic rings. The highest BCUT2D eigenvalue weighted by atomic mass is 32.1. The lowest BCUT2D eigenvalue weighted by atomic mass is 10.1. The number of nitrogens with one attached hydrogen (secondary N) is 1. The van der Waals surface area contributed by atoms with E-state index in [-0.39, 0.29) is 12.0 Å². The molecule has 5 heteroatoms. The number of aryl methyl sites for hydroxylation is 1. The average molecular weight is 290 g/mol. The molecular formula is C15H18N2O2S. The van der Waals surface area contributed by atoms with Crippen LogP contribution in [0, 0.1) is 6.92 Å². The zero-order valence-corrected chi connectivity index (χ0v) is 12.3. The molecule has 0 bridgehead atoms. The molecule has 1 unspecified atom stereocenters. The summed E-state index contributed by atoms with van der Waals surface area (Å²) in [5.41, 5.74) is 7.84. The van der Waals surface area contributed by atoms with E-state index in [9.17, 15) is 4.79 Å². The number of rotatable bonds is 3. The molecule has 1 aromatic heterocycles. The second kappa shape index (κ2) is 5.42. The summed E-state index contributed by atoms with van der Waals surface area (Å²) in [5.74, 6) is -0.0985. The minimum Gasteiger partial charge on any atom is -0.397 e. The molecule has 3 N–H and O–H groups in total. The second-order valence-corrected chi connectivity index (χ2v) is 6.16. The molecule has 1 aliphatic rings. The molecule has 3 rings (SSSR count). The fraction of sp³-hybridized carbons (Fsp3) is 0.400. The first-order valence-electron chi connectivity index (χ1n) is 6.84. The fourth-order valence-electron chi connectivity index (χ4n) is 2.54. The maximum Gasteiger partial charge on any atom is 0.263 e. The molecule has 0 spiro atoms. The number of fused-ring (bicyclic) bond motifs is 1. The molecular weight excluding hydrogens is 272 g/mol. The Morgan fingerprint density at radius 1 is 1.55 bits per heavy atom. The summed E-state index contributed by atoms with van der Waals surface area (Å²) >= 11 is 1.46. The summed E-state index contributed by atoms with van der Waals surface area (Å²) < 4.78 is 6.59. The first-order valence-corrected chi connectivity index (χ1v) is 7.66. The van der Waals surface area contributed by atoms with Crippen molar-refractivity contribution in [3.05, 3.63) is 28.6 Å². The third-order valence-electron chi connectivity index (χ3n) is 3.67. The zero-order chi connectivity index (χ0) is 14.1. The number of benzene rings is 1. The fourth-order valence-corrected chi connectivity index (χ4v) is 3.65. The molecule has 2 heterocycles. The van der Waals surface area contributed by atoms with Crippen molar-refractivity contribution in [2.75, 3.05) is 18.9 Å². The lowest BCUT2D eigenvalue weighted by Gasteiger charge is -2.10. The quantitative estimate of drug-likeness (QED) is 0.913. The van der Waals surface area contributed by atoms with E-state index in [0.29, 0.717) is 17.1 Å². The van der Waals surface area contributed by atoms with Crippen LogP contribution in [0.4, 0.5) is 5.69 Å². The molecule has 0 aliphatic carbocycles. The largest absolute Gasteiger partial charge is 0.397 e. The van der Waals surface area contributed by atoms with E-state index in [1.807, 2.05) is 25.1 Å². The van der Waals surface area contributed by atoms with Crippen molar-refractivity contribution >= 4 is 33.0 Å². The van der Waals surface area contributed by atoms with Crippen LogP contribution in [-0.2, 0) is 4.74 Å². The van der Waals surface area contributed by atoms with E-state index in [0.717, 1.165) is 35.1 Å². The summed E-state index contributed by atoms with van der Waals surface area (Å²) in [6.07, 6.45) is 2.24. The zero-order valence-electron chi connectivity index (χ0n) is 11.4. The summed E-state index contributed by atoms with van der Waals surface area (Å²) in [4.78, 5) is 12.9. The third-order valence-corrected chi connectivity index (χ3v) is 5.03. The van der Waals surface area contributed by atoms with Gasteiger partial charge in [-0.25, -0.2) is 0 Å². The van der Waals surface area contributed by atoms with Gasteiger partial charge in [-0.1, -0.05) is 18.2 Å². The lowest BCUT2D eigenvalue weighted by molar-refractivity contribution is 0.0862. The van der Waals surface area contributed by atoms with Crippen molar-refractivity contribution in [1.82, 2.24) is 5.32 Å². The van der Waals surface area contributed by atoms with E-state index < -0.39 is 0 Å². The van der Waals surface area contributed by atoms with E-state index >= 15 is 0 Å². The summed E-state index contributed by atoms with van der Waals surface area (Å²) in [6, 6.07) is 5.96. The number of amides is 1. The highest BCUT2D eigenvalue weighted by Gasteiger charge is 2.20. The van der Waals surface area contributed by atoms with Gasteiger partial charge < -0.3 is 15.8 Å². The molecule has 1 saturated heterocycles. The van der Waals surface area contributed by atoms with Crippen LogP contribution in [0.1, 0.15) is 28.1 Å². The van der Waals surface area contributed by atoms with Crippen LogP contribution < -0.4 is 11.1 Å². The number of nitrogen functional groups attached to an aromatic ring is 1. The summed E-state index contributed by atoms with van der Waals surface area (Å²) in [6.45, 7) is 3.39. The van der Waals surface area contributed by atoms with Crippen LogP contribution >= 0.6 is 11.3 Å². The monoisotopic (exact) mass is 290 g/mol. The number of anilines is 1. The smallest absolute Gasteiger partial charge is 0.263 e. The predicted octanol–water partition coefficient (Wildman–Crippen LogP) is 2.70. The lowest BCUT2D eigenvalue weighted by Crippen LogP contribution is -2.31. The van der Waals surface area contributed by atoms with Gasteiger partial charge in [-0.05, 0) is 25.3 Å². The molecule has 0 radical (unpaired) electrons. The van der Waals surface area contributed by atoms with E-state index in [4.69, 9.17) is 10.5 Å². The van der Waals surface area contributed by atoms with Gasteiger partial charge in [-0.3, -0.25) is 4.79 Å². The molecule has 1 aliphatic heterocycles. The number of thiophene rings is 1. The minimum atomic E-state index is -0.0985. The van der Waals surface area contributed by atoms with Crippen molar-refractivity contribution in [2.45, 2.75) is 25.9 Å². The highest BCUT2D eigenvalue weighted by molar-refractivity contribution is 7.21. The van der Waals surface area contributed by atoms with Gasteiger partial charge >= 0.3 is 0 Å². The summed E-state index contributed by atoms with van der Waals surface area (Å²) in [5, 5.41) is 3.90. The number of ether oxygens (including phenoxy) is 1. The molecule has 0 saturated carbocycles. The van der Waals surface area contributed by atoms with Gasteiger partial charge in [0.2, 0.25) is 0 Å². The Kier molecular flexibility index (Phi) is 3.63. The Hall–Kier alpha value is -1.59. The van der Waals surface area contributed by atoms with Crippen molar-refractivity contribution in [3.8, 4) is 0 Å². The average Bonchev–Trinajstić information content (AvgIpc) is 3.06. The van der Waals surface area contributed by atoms with Crippen LogP contribution in [-0.4, -0.2) is 25.2 Å². The molecule has 1 amide bonds. The maximum absolute atomic E-state index is 12.3. The van der Waals surface area contributed by atoms with Crippen LogP contribution in [0.5, 0.6) is 0 Å². The number of nitrogens with two attached hydrogens (primary N) is 1. The first-order chi connectivity index (χ1) is 9.66. The topological polar surface area (TPSA) is 64.4 Å².